The van der Waals surface area contributed by atoms with Crippen LogP contribution in [0, 0.1) is 24.2 Å². The second kappa shape index (κ2) is 8.90. The molecule has 0 N–H and O–H groups in total. The zero-order chi connectivity index (χ0) is 19.0. The maximum absolute atomic E-state index is 12.7. The first-order chi connectivity index (χ1) is 13.2. The molecule has 3 heteroatoms. The number of hydrogen-bond acceptors (Lipinski definition) is 3. The van der Waals surface area contributed by atoms with Crippen LogP contribution in [0.3, 0.4) is 0 Å². The summed E-state index contributed by atoms with van der Waals surface area (Å²) in [5.74, 6) is 8.52. The molecular weight excluding hydrogens is 352 g/mol. The van der Waals surface area contributed by atoms with Crippen LogP contribution in [0.25, 0.3) is 0 Å². The summed E-state index contributed by atoms with van der Waals surface area (Å²) in [4.78, 5) is 12.7. The number of hydrogen-bond donors (Lipinski definition) is 0. The fourth-order valence-corrected chi connectivity index (χ4v) is 3.26. The van der Waals surface area contributed by atoms with Crippen molar-refractivity contribution in [1.29, 1.82) is 0 Å². The Morgan fingerprint density at radius 1 is 1.04 bits per heavy atom. The van der Waals surface area contributed by atoms with Gasteiger partial charge in [-0.2, -0.15) is 11.3 Å². The quantitative estimate of drug-likeness (QED) is 0.452. The van der Waals surface area contributed by atoms with Crippen molar-refractivity contribution in [2.75, 3.05) is 0 Å². The van der Waals surface area contributed by atoms with E-state index in [0.29, 0.717) is 18.4 Å². The van der Waals surface area contributed by atoms with Crippen LogP contribution in [-0.4, -0.2) is 5.97 Å². The van der Waals surface area contributed by atoms with Gasteiger partial charge in [0.05, 0.1) is 5.56 Å². The summed E-state index contributed by atoms with van der Waals surface area (Å²) in [6.45, 7) is 0. The first-order valence-corrected chi connectivity index (χ1v) is 9.50. The van der Waals surface area contributed by atoms with Crippen molar-refractivity contribution in [2.24, 2.45) is 0 Å². The minimum Gasteiger partial charge on any atom is -0.438 e. The first-order valence-electron chi connectivity index (χ1n) is 8.56. The summed E-state index contributed by atoms with van der Waals surface area (Å²) >= 11 is 1.61. The van der Waals surface area contributed by atoms with E-state index < -0.39 is 11.6 Å². The van der Waals surface area contributed by atoms with Crippen LogP contribution in [0.1, 0.15) is 34.3 Å². The molecule has 3 rings (SSSR count). The summed E-state index contributed by atoms with van der Waals surface area (Å²) in [7, 11) is 0. The van der Waals surface area contributed by atoms with Crippen LogP contribution in [-0.2, 0) is 10.3 Å². The maximum atomic E-state index is 12.7. The molecule has 0 fully saturated rings. The standard InChI is InChI=1S/C24H18O2S/c1-2-24(22-14-7-4-8-15-22,17-10-9-11-20-16-18-27-19-20)26-23(25)21-12-5-3-6-13-21/h1,3-8,12-16,18-19H,10,17H2. The highest BCUT2D eigenvalue weighted by Gasteiger charge is 2.34. The van der Waals surface area contributed by atoms with Crippen molar-refractivity contribution in [2.45, 2.75) is 18.4 Å². The van der Waals surface area contributed by atoms with E-state index in [1.165, 1.54) is 0 Å². The molecule has 3 aromatic rings. The van der Waals surface area contributed by atoms with Gasteiger partial charge >= 0.3 is 5.97 Å². The van der Waals surface area contributed by atoms with Crippen LogP contribution in [0.4, 0.5) is 0 Å². The predicted molar refractivity (Wildman–Crippen MR) is 109 cm³/mol. The number of carbonyl (C=O) groups is 1. The molecule has 1 heterocycles. The number of esters is 1. The molecule has 2 nitrogen and oxygen atoms in total. The predicted octanol–water partition coefficient (Wildman–Crippen LogP) is 5.27. The Hall–Kier alpha value is -3.27. The molecule has 0 radical (unpaired) electrons. The zero-order valence-corrected chi connectivity index (χ0v) is 15.5. The Kier molecular flexibility index (Phi) is 6.10. The zero-order valence-electron chi connectivity index (χ0n) is 14.7. The van der Waals surface area contributed by atoms with E-state index in [2.05, 4.69) is 17.8 Å². The molecule has 0 bridgehead atoms. The second-order valence-electron chi connectivity index (χ2n) is 5.91. The molecule has 1 aromatic heterocycles. The van der Waals surface area contributed by atoms with Crippen LogP contribution in [0.15, 0.2) is 77.5 Å². The summed E-state index contributed by atoms with van der Waals surface area (Å²) in [6, 6.07) is 20.3. The molecule has 0 saturated heterocycles. The number of rotatable bonds is 5. The SMILES string of the molecule is C#CC(CCC#Cc1ccsc1)(OC(=O)c1ccccc1)c1ccccc1. The third-order valence-electron chi connectivity index (χ3n) is 4.11. The van der Waals surface area contributed by atoms with Gasteiger partial charge in [-0.3, -0.25) is 0 Å². The molecule has 0 spiro atoms. The van der Waals surface area contributed by atoms with Gasteiger partial charge in [0.1, 0.15) is 0 Å². The number of carbonyl (C=O) groups excluding carboxylic acids is 1. The topological polar surface area (TPSA) is 26.3 Å². The van der Waals surface area contributed by atoms with Gasteiger partial charge in [0.25, 0.3) is 0 Å². The molecule has 0 saturated carbocycles. The summed E-state index contributed by atoms with van der Waals surface area (Å²) < 4.78 is 5.86. The fourth-order valence-electron chi connectivity index (χ4n) is 2.68. The van der Waals surface area contributed by atoms with E-state index in [-0.39, 0.29) is 0 Å². The third-order valence-corrected chi connectivity index (χ3v) is 4.79. The van der Waals surface area contributed by atoms with E-state index >= 15 is 0 Å². The van der Waals surface area contributed by atoms with Crippen molar-refractivity contribution in [3.63, 3.8) is 0 Å². The van der Waals surface area contributed by atoms with Crippen LogP contribution in [0.5, 0.6) is 0 Å². The molecule has 0 aliphatic carbocycles. The number of benzene rings is 2. The lowest BCUT2D eigenvalue weighted by Crippen LogP contribution is -2.31. The van der Waals surface area contributed by atoms with E-state index in [9.17, 15) is 4.79 Å². The fraction of sp³-hybridized carbons (Fsp3) is 0.125. The minimum absolute atomic E-state index is 0.420. The number of ether oxygens (including phenoxy) is 1. The summed E-state index contributed by atoms with van der Waals surface area (Å²) in [5, 5.41) is 3.98. The smallest absolute Gasteiger partial charge is 0.339 e. The largest absolute Gasteiger partial charge is 0.438 e. The Labute approximate surface area is 163 Å². The van der Waals surface area contributed by atoms with E-state index in [0.717, 1.165) is 11.1 Å². The normalized spacial score (nSPS) is 12.1. The van der Waals surface area contributed by atoms with Crippen molar-refractivity contribution in [3.8, 4) is 24.2 Å². The van der Waals surface area contributed by atoms with Gasteiger partial charge < -0.3 is 4.74 Å². The van der Waals surface area contributed by atoms with Gasteiger partial charge in [0, 0.05) is 29.3 Å². The lowest BCUT2D eigenvalue weighted by Gasteiger charge is -2.28. The van der Waals surface area contributed by atoms with Crippen LogP contribution in [0.2, 0.25) is 0 Å². The molecule has 132 valence electrons. The van der Waals surface area contributed by atoms with Crippen molar-refractivity contribution in [3.05, 3.63) is 94.2 Å². The van der Waals surface area contributed by atoms with Gasteiger partial charge in [-0.15, -0.1) is 6.42 Å². The van der Waals surface area contributed by atoms with Crippen molar-refractivity contribution in [1.82, 2.24) is 0 Å². The lowest BCUT2D eigenvalue weighted by atomic mass is 9.89. The molecule has 1 atom stereocenters. The Morgan fingerprint density at radius 3 is 2.37 bits per heavy atom. The second-order valence-corrected chi connectivity index (χ2v) is 6.69. The Balaban J connectivity index is 1.84. The van der Waals surface area contributed by atoms with Crippen LogP contribution >= 0.6 is 11.3 Å². The van der Waals surface area contributed by atoms with Gasteiger partial charge in [0.2, 0.25) is 0 Å². The minimum atomic E-state index is -1.16. The monoisotopic (exact) mass is 370 g/mol. The number of terminal acetylenes is 1. The van der Waals surface area contributed by atoms with Crippen molar-refractivity contribution < 1.29 is 9.53 Å². The highest BCUT2D eigenvalue weighted by molar-refractivity contribution is 7.08. The van der Waals surface area contributed by atoms with E-state index in [1.807, 2.05) is 53.2 Å². The Bertz CT molecular complexity index is 974. The molecule has 1 unspecified atom stereocenters. The Morgan fingerprint density at radius 2 is 1.74 bits per heavy atom. The maximum Gasteiger partial charge on any atom is 0.339 e. The highest BCUT2D eigenvalue weighted by Crippen LogP contribution is 2.31. The summed E-state index contributed by atoms with van der Waals surface area (Å²) in [5.41, 5.74) is 1.07. The van der Waals surface area contributed by atoms with Gasteiger partial charge in [-0.1, -0.05) is 66.3 Å². The summed E-state index contributed by atoms with van der Waals surface area (Å²) in [6.07, 6.45) is 6.80. The first kappa shape index (κ1) is 18.5. The number of thiophene rings is 1. The average Bonchev–Trinajstić information content (AvgIpc) is 3.25. The van der Waals surface area contributed by atoms with Gasteiger partial charge in [-0.05, 0) is 23.6 Å². The van der Waals surface area contributed by atoms with Crippen molar-refractivity contribution >= 4 is 17.3 Å². The van der Waals surface area contributed by atoms with E-state index in [4.69, 9.17) is 11.2 Å². The molecule has 27 heavy (non-hydrogen) atoms. The molecular formula is C24H18O2S. The lowest BCUT2D eigenvalue weighted by molar-refractivity contribution is 0.00309. The highest BCUT2D eigenvalue weighted by atomic mass is 32.1. The third kappa shape index (κ3) is 4.67. The van der Waals surface area contributed by atoms with Gasteiger partial charge in [0.15, 0.2) is 5.60 Å². The molecule has 0 amide bonds. The van der Waals surface area contributed by atoms with Gasteiger partial charge in [-0.25, -0.2) is 4.79 Å². The average molecular weight is 370 g/mol. The molecule has 0 aliphatic heterocycles. The molecule has 2 aromatic carbocycles. The van der Waals surface area contributed by atoms with Crippen LogP contribution < -0.4 is 0 Å². The van der Waals surface area contributed by atoms with E-state index in [1.54, 1.807) is 35.6 Å². The molecule has 0 aliphatic rings.